The van der Waals surface area contributed by atoms with E-state index in [4.69, 9.17) is 0 Å². The number of nitrogens with zero attached hydrogens (tertiary/aromatic N) is 1. The van der Waals surface area contributed by atoms with Crippen LogP contribution in [0.2, 0.25) is 0 Å². The van der Waals surface area contributed by atoms with E-state index in [1.807, 2.05) is 0 Å². The second kappa shape index (κ2) is 5.43. The number of hydrogen-bond donors (Lipinski definition) is 1. The number of halogens is 2. The Morgan fingerprint density at radius 2 is 2.00 bits per heavy atom. The summed E-state index contributed by atoms with van der Waals surface area (Å²) in [4.78, 5) is 15.9. The number of benzene rings is 1. The van der Waals surface area contributed by atoms with Crippen molar-refractivity contribution < 1.29 is 23.4 Å². The predicted molar refractivity (Wildman–Crippen MR) is 62.4 cm³/mol. The minimum atomic E-state index is -3.09. The number of alkyl halides is 2. The molecular weight excluding hydrogens is 256 g/mol. The summed E-state index contributed by atoms with van der Waals surface area (Å²) in [5.41, 5.74) is -0.301. The zero-order valence-electron chi connectivity index (χ0n) is 9.59. The van der Waals surface area contributed by atoms with E-state index < -0.39 is 18.1 Å². The van der Waals surface area contributed by atoms with Crippen LogP contribution in [0.15, 0.2) is 42.6 Å². The van der Waals surface area contributed by atoms with Gasteiger partial charge < -0.3 is 9.84 Å². The molecule has 0 unspecified atom stereocenters. The summed E-state index contributed by atoms with van der Waals surface area (Å²) >= 11 is 0. The normalized spacial score (nSPS) is 10.5. The maximum absolute atomic E-state index is 12.3. The fraction of sp³-hybridized carbons (Fsp3) is 0.0769. The van der Waals surface area contributed by atoms with Gasteiger partial charge in [-0.25, -0.2) is 0 Å². The molecular formula is C13H9F2NO3. The maximum atomic E-state index is 12.3. The van der Waals surface area contributed by atoms with E-state index in [9.17, 15) is 18.7 Å². The lowest BCUT2D eigenvalue weighted by molar-refractivity contribution is -0.0502. The van der Waals surface area contributed by atoms with Crippen molar-refractivity contribution in [3.05, 3.63) is 53.9 Å². The summed E-state index contributed by atoms with van der Waals surface area (Å²) in [6.07, 6.45) is 1.39. The molecule has 1 heterocycles. The molecule has 0 saturated heterocycles. The first kappa shape index (κ1) is 12.9. The number of phenolic OH excluding ortho intramolecular Hbond substituents is 1. The summed E-state index contributed by atoms with van der Waals surface area (Å²) in [7, 11) is 0. The van der Waals surface area contributed by atoms with Gasteiger partial charge in [-0.1, -0.05) is 12.1 Å². The Labute approximate surface area is 107 Å². The van der Waals surface area contributed by atoms with Crippen molar-refractivity contribution >= 4 is 5.78 Å². The quantitative estimate of drug-likeness (QED) is 0.863. The number of aromatic nitrogens is 1. The zero-order chi connectivity index (χ0) is 13.8. The Kier molecular flexibility index (Phi) is 3.70. The van der Waals surface area contributed by atoms with Crippen LogP contribution in [0.1, 0.15) is 16.1 Å². The van der Waals surface area contributed by atoms with E-state index in [1.165, 1.54) is 30.5 Å². The highest BCUT2D eigenvalue weighted by molar-refractivity contribution is 6.11. The van der Waals surface area contributed by atoms with Crippen molar-refractivity contribution in [2.45, 2.75) is 6.61 Å². The smallest absolute Gasteiger partial charge is 0.387 e. The number of rotatable bonds is 4. The molecule has 6 heteroatoms. The molecule has 0 bridgehead atoms. The molecule has 2 rings (SSSR count). The molecule has 0 fully saturated rings. The van der Waals surface area contributed by atoms with Crippen LogP contribution in [0.25, 0.3) is 0 Å². The van der Waals surface area contributed by atoms with Gasteiger partial charge in [0, 0.05) is 6.20 Å². The summed E-state index contributed by atoms with van der Waals surface area (Å²) in [5.74, 6) is -1.51. The minimum Gasteiger partial charge on any atom is -0.507 e. The molecule has 0 aliphatic carbocycles. The summed E-state index contributed by atoms with van der Waals surface area (Å²) in [5, 5.41) is 9.66. The number of aromatic hydroxyl groups is 1. The molecule has 98 valence electrons. The molecule has 0 amide bonds. The van der Waals surface area contributed by atoms with E-state index in [1.54, 1.807) is 12.1 Å². The van der Waals surface area contributed by atoms with Crippen LogP contribution in [0.3, 0.4) is 0 Å². The SMILES string of the molecule is O=C(c1ccccn1)c1c(O)cccc1OC(F)F. The third kappa shape index (κ3) is 2.85. The standard InChI is InChI=1S/C13H9F2NO3/c14-13(15)19-10-6-3-5-9(17)11(10)12(18)8-4-1-2-7-16-8/h1-7,13,17H. The van der Waals surface area contributed by atoms with Gasteiger partial charge in [0.25, 0.3) is 0 Å². The predicted octanol–water partition coefficient (Wildman–Crippen LogP) is 2.62. The lowest BCUT2D eigenvalue weighted by atomic mass is 10.1. The third-order valence-electron chi connectivity index (χ3n) is 2.34. The first-order valence-electron chi connectivity index (χ1n) is 5.32. The number of carbonyl (C=O) groups excluding carboxylic acids is 1. The number of phenols is 1. The first-order chi connectivity index (χ1) is 9.09. The van der Waals surface area contributed by atoms with E-state index >= 15 is 0 Å². The average molecular weight is 265 g/mol. The van der Waals surface area contributed by atoms with Crippen LogP contribution in [0.4, 0.5) is 8.78 Å². The fourth-order valence-electron chi connectivity index (χ4n) is 1.57. The van der Waals surface area contributed by atoms with Crippen molar-refractivity contribution in [1.82, 2.24) is 4.98 Å². The van der Waals surface area contributed by atoms with Gasteiger partial charge in [0.05, 0.1) is 0 Å². The number of ketones is 1. The van der Waals surface area contributed by atoms with Crippen LogP contribution in [0, 0.1) is 0 Å². The highest BCUT2D eigenvalue weighted by Crippen LogP contribution is 2.30. The van der Waals surface area contributed by atoms with Gasteiger partial charge in [0.1, 0.15) is 22.8 Å². The molecule has 1 aromatic carbocycles. The summed E-state index contributed by atoms with van der Waals surface area (Å²) in [6, 6.07) is 8.31. The summed E-state index contributed by atoms with van der Waals surface area (Å²) < 4.78 is 28.8. The Morgan fingerprint density at radius 3 is 2.63 bits per heavy atom. The highest BCUT2D eigenvalue weighted by atomic mass is 19.3. The number of carbonyl (C=O) groups is 1. The molecule has 0 radical (unpaired) electrons. The zero-order valence-corrected chi connectivity index (χ0v) is 9.59. The van der Waals surface area contributed by atoms with Crippen LogP contribution in [0.5, 0.6) is 11.5 Å². The van der Waals surface area contributed by atoms with Gasteiger partial charge in [-0.15, -0.1) is 0 Å². The van der Waals surface area contributed by atoms with Gasteiger partial charge in [-0.05, 0) is 24.3 Å². The van der Waals surface area contributed by atoms with Crippen molar-refractivity contribution in [1.29, 1.82) is 0 Å². The number of hydrogen-bond acceptors (Lipinski definition) is 4. The Hall–Kier alpha value is -2.50. The van der Waals surface area contributed by atoms with Gasteiger partial charge in [-0.2, -0.15) is 8.78 Å². The van der Waals surface area contributed by atoms with E-state index in [2.05, 4.69) is 9.72 Å². The second-order valence-corrected chi connectivity index (χ2v) is 3.57. The molecule has 4 nitrogen and oxygen atoms in total. The molecule has 0 atom stereocenters. The van der Waals surface area contributed by atoms with Gasteiger partial charge in [0.15, 0.2) is 0 Å². The molecule has 0 spiro atoms. The monoisotopic (exact) mass is 265 g/mol. The molecule has 0 saturated carbocycles. The second-order valence-electron chi connectivity index (χ2n) is 3.57. The number of pyridine rings is 1. The third-order valence-corrected chi connectivity index (χ3v) is 2.34. The molecule has 1 aromatic heterocycles. The van der Waals surface area contributed by atoms with Crippen molar-refractivity contribution in [3.8, 4) is 11.5 Å². The van der Waals surface area contributed by atoms with Crippen LogP contribution in [-0.2, 0) is 0 Å². The molecule has 0 aliphatic heterocycles. The Balaban J connectivity index is 2.46. The molecule has 1 N–H and O–H groups in total. The van der Waals surface area contributed by atoms with Crippen LogP contribution in [-0.4, -0.2) is 22.5 Å². The topological polar surface area (TPSA) is 59.4 Å². The van der Waals surface area contributed by atoms with Gasteiger partial charge in [0.2, 0.25) is 5.78 Å². The maximum Gasteiger partial charge on any atom is 0.387 e. The Morgan fingerprint density at radius 1 is 1.21 bits per heavy atom. The minimum absolute atomic E-state index is 0.0307. The van der Waals surface area contributed by atoms with E-state index in [0.29, 0.717) is 0 Å². The van der Waals surface area contributed by atoms with Gasteiger partial charge in [-0.3, -0.25) is 9.78 Å². The largest absolute Gasteiger partial charge is 0.507 e. The van der Waals surface area contributed by atoms with E-state index in [-0.39, 0.29) is 17.0 Å². The molecule has 0 aliphatic rings. The van der Waals surface area contributed by atoms with Crippen molar-refractivity contribution in [3.63, 3.8) is 0 Å². The van der Waals surface area contributed by atoms with E-state index in [0.717, 1.165) is 0 Å². The van der Waals surface area contributed by atoms with Gasteiger partial charge >= 0.3 is 6.61 Å². The molecule has 19 heavy (non-hydrogen) atoms. The van der Waals surface area contributed by atoms with Crippen LogP contribution >= 0.6 is 0 Å². The first-order valence-corrected chi connectivity index (χ1v) is 5.32. The lowest BCUT2D eigenvalue weighted by Gasteiger charge is -2.10. The van der Waals surface area contributed by atoms with Crippen molar-refractivity contribution in [2.75, 3.05) is 0 Å². The highest BCUT2D eigenvalue weighted by Gasteiger charge is 2.21. The van der Waals surface area contributed by atoms with Crippen molar-refractivity contribution in [2.24, 2.45) is 0 Å². The molecule has 2 aromatic rings. The lowest BCUT2D eigenvalue weighted by Crippen LogP contribution is -2.10. The fourth-order valence-corrected chi connectivity index (χ4v) is 1.57. The summed E-state index contributed by atoms with van der Waals surface area (Å²) in [6.45, 7) is -3.09. The average Bonchev–Trinajstić information content (AvgIpc) is 2.38. The Bertz CT molecular complexity index is 588. The van der Waals surface area contributed by atoms with Crippen LogP contribution < -0.4 is 4.74 Å². The number of ether oxygens (including phenoxy) is 1.